The molecule has 1 aromatic heterocycles. The molecule has 0 spiro atoms. The lowest BCUT2D eigenvalue weighted by atomic mass is 10.2. The van der Waals surface area contributed by atoms with E-state index in [0.29, 0.717) is 11.6 Å². The van der Waals surface area contributed by atoms with Gasteiger partial charge < -0.3 is 14.4 Å². The van der Waals surface area contributed by atoms with Crippen molar-refractivity contribution in [3.63, 3.8) is 0 Å². The zero-order valence-electron chi connectivity index (χ0n) is 11.9. The smallest absolute Gasteiger partial charge is 0.352 e. The number of rotatable bonds is 4. The molecule has 1 heterocycles. The van der Waals surface area contributed by atoms with Crippen molar-refractivity contribution >= 4 is 28.5 Å². The molecule has 0 bridgehead atoms. The molecule has 0 radical (unpaired) electrons. The number of aromatic nitrogens is 1. The maximum Gasteiger partial charge on any atom is 0.352 e. The minimum absolute atomic E-state index is 0.236. The number of aromatic carboxylic acids is 1. The molecule has 0 aliphatic rings. The Morgan fingerprint density at radius 1 is 1.23 bits per heavy atom. The maximum atomic E-state index is 11.5. The number of carboxylic acids is 1. The second-order valence-electron chi connectivity index (χ2n) is 4.98. The highest BCUT2D eigenvalue weighted by atomic mass is 35.5. The number of fused-ring (bicyclic) bond motifs is 1. The molecule has 0 aliphatic heterocycles. The molecule has 0 atom stereocenters. The number of methoxy groups -OCH3 is 1. The number of carboxylic acid groups (broad SMARTS) is 1. The van der Waals surface area contributed by atoms with E-state index in [9.17, 15) is 9.90 Å². The number of carbonyl (C=O) groups is 1. The third kappa shape index (κ3) is 2.65. The van der Waals surface area contributed by atoms with Crippen molar-refractivity contribution in [3.8, 4) is 5.75 Å². The zero-order chi connectivity index (χ0) is 15.7. The summed E-state index contributed by atoms with van der Waals surface area (Å²) in [5.41, 5.74) is 2.04. The average molecular weight is 316 g/mol. The Bertz CT molecular complexity index is 854. The predicted molar refractivity (Wildman–Crippen MR) is 86.0 cm³/mol. The topological polar surface area (TPSA) is 51.5 Å². The molecule has 0 saturated carbocycles. The van der Waals surface area contributed by atoms with Crippen LogP contribution in [0.3, 0.4) is 0 Å². The van der Waals surface area contributed by atoms with Crippen LogP contribution in [-0.2, 0) is 6.54 Å². The summed E-state index contributed by atoms with van der Waals surface area (Å²) in [7, 11) is 1.61. The largest absolute Gasteiger partial charge is 0.497 e. The number of hydrogen-bond acceptors (Lipinski definition) is 2. The molecule has 22 heavy (non-hydrogen) atoms. The fourth-order valence-electron chi connectivity index (χ4n) is 2.54. The quantitative estimate of drug-likeness (QED) is 0.790. The Morgan fingerprint density at radius 2 is 2.05 bits per heavy atom. The van der Waals surface area contributed by atoms with Gasteiger partial charge in [-0.15, -0.1) is 0 Å². The SMILES string of the molecule is COc1cccc(Cn2c(C(=O)O)cc3cc(Cl)ccc32)c1. The Balaban J connectivity index is 2.11. The lowest BCUT2D eigenvalue weighted by Gasteiger charge is -2.10. The van der Waals surface area contributed by atoms with Crippen molar-refractivity contribution in [2.75, 3.05) is 7.11 Å². The van der Waals surface area contributed by atoms with Gasteiger partial charge >= 0.3 is 5.97 Å². The third-order valence-electron chi connectivity index (χ3n) is 3.56. The van der Waals surface area contributed by atoms with Crippen LogP contribution in [0.5, 0.6) is 5.75 Å². The van der Waals surface area contributed by atoms with Crippen LogP contribution in [0.1, 0.15) is 16.1 Å². The molecule has 0 amide bonds. The van der Waals surface area contributed by atoms with Crippen LogP contribution in [-0.4, -0.2) is 22.8 Å². The van der Waals surface area contributed by atoms with Gasteiger partial charge in [-0.1, -0.05) is 23.7 Å². The van der Waals surface area contributed by atoms with Gasteiger partial charge in [-0.25, -0.2) is 4.79 Å². The average Bonchev–Trinajstić information content (AvgIpc) is 2.85. The van der Waals surface area contributed by atoms with Crippen molar-refractivity contribution < 1.29 is 14.6 Å². The van der Waals surface area contributed by atoms with Gasteiger partial charge in [0.2, 0.25) is 0 Å². The summed E-state index contributed by atoms with van der Waals surface area (Å²) < 4.78 is 6.98. The van der Waals surface area contributed by atoms with Gasteiger partial charge in [0.1, 0.15) is 11.4 Å². The second kappa shape index (κ2) is 5.73. The van der Waals surface area contributed by atoms with Crippen LogP contribution < -0.4 is 4.74 Å². The highest BCUT2D eigenvalue weighted by Crippen LogP contribution is 2.25. The van der Waals surface area contributed by atoms with Crippen LogP contribution in [0.4, 0.5) is 0 Å². The summed E-state index contributed by atoms with van der Waals surface area (Å²) in [4.78, 5) is 11.5. The Kier molecular flexibility index (Phi) is 3.77. The van der Waals surface area contributed by atoms with Gasteiger partial charge in [0.15, 0.2) is 0 Å². The van der Waals surface area contributed by atoms with Gasteiger partial charge in [-0.2, -0.15) is 0 Å². The van der Waals surface area contributed by atoms with Gasteiger partial charge in [0.25, 0.3) is 0 Å². The molecule has 2 aromatic carbocycles. The van der Waals surface area contributed by atoms with E-state index in [2.05, 4.69) is 0 Å². The van der Waals surface area contributed by atoms with E-state index in [-0.39, 0.29) is 5.69 Å². The molecule has 0 unspecified atom stereocenters. The molecule has 0 saturated heterocycles. The number of benzene rings is 2. The summed E-state index contributed by atoms with van der Waals surface area (Å²) in [6, 6.07) is 14.6. The van der Waals surface area contributed by atoms with Crippen molar-refractivity contribution in [3.05, 3.63) is 64.8 Å². The van der Waals surface area contributed by atoms with Gasteiger partial charge in [0.05, 0.1) is 7.11 Å². The van der Waals surface area contributed by atoms with E-state index in [0.717, 1.165) is 22.2 Å². The lowest BCUT2D eigenvalue weighted by molar-refractivity contribution is 0.0686. The fourth-order valence-corrected chi connectivity index (χ4v) is 2.72. The van der Waals surface area contributed by atoms with Crippen LogP contribution in [0.2, 0.25) is 5.02 Å². The molecule has 4 nitrogen and oxygen atoms in total. The normalized spacial score (nSPS) is 10.8. The zero-order valence-corrected chi connectivity index (χ0v) is 12.7. The molecule has 0 aliphatic carbocycles. The molecule has 0 fully saturated rings. The van der Waals surface area contributed by atoms with E-state index in [1.165, 1.54) is 0 Å². The summed E-state index contributed by atoms with van der Waals surface area (Å²) >= 11 is 5.99. The molecule has 3 rings (SSSR count). The van der Waals surface area contributed by atoms with E-state index >= 15 is 0 Å². The van der Waals surface area contributed by atoms with Gasteiger partial charge in [-0.3, -0.25) is 0 Å². The summed E-state index contributed by atoms with van der Waals surface area (Å²) in [5.74, 6) is -0.218. The van der Waals surface area contributed by atoms with Gasteiger partial charge in [0, 0.05) is 22.5 Å². The number of ether oxygens (including phenoxy) is 1. The molecule has 1 N–H and O–H groups in total. The first-order chi connectivity index (χ1) is 10.6. The first-order valence-electron chi connectivity index (χ1n) is 6.73. The van der Waals surface area contributed by atoms with E-state index in [1.54, 1.807) is 29.9 Å². The minimum Gasteiger partial charge on any atom is -0.497 e. The lowest BCUT2D eigenvalue weighted by Crippen LogP contribution is -2.09. The first-order valence-corrected chi connectivity index (χ1v) is 7.11. The van der Waals surface area contributed by atoms with Crippen molar-refractivity contribution in [2.24, 2.45) is 0 Å². The highest BCUT2D eigenvalue weighted by Gasteiger charge is 2.15. The van der Waals surface area contributed by atoms with Crippen LogP contribution in [0.15, 0.2) is 48.5 Å². The van der Waals surface area contributed by atoms with Crippen LogP contribution >= 0.6 is 11.6 Å². The predicted octanol–water partition coefficient (Wildman–Crippen LogP) is 4.05. The molecule has 3 aromatic rings. The third-order valence-corrected chi connectivity index (χ3v) is 3.79. The maximum absolute atomic E-state index is 11.5. The van der Waals surface area contributed by atoms with Crippen LogP contribution in [0, 0.1) is 0 Å². The number of halogens is 1. The van der Waals surface area contributed by atoms with Crippen molar-refractivity contribution in [2.45, 2.75) is 6.54 Å². The molecule has 5 heteroatoms. The standard InChI is InChI=1S/C17H14ClNO3/c1-22-14-4-2-3-11(7-14)10-19-15-6-5-13(18)8-12(15)9-16(19)17(20)21/h2-9H,10H2,1H3,(H,20,21). The fraction of sp³-hybridized carbons (Fsp3) is 0.118. The first kappa shape index (κ1) is 14.5. The Labute approximate surface area is 132 Å². The van der Waals surface area contributed by atoms with E-state index in [4.69, 9.17) is 16.3 Å². The minimum atomic E-state index is -0.963. The summed E-state index contributed by atoms with van der Waals surface area (Å²) in [5, 5.41) is 10.8. The Morgan fingerprint density at radius 3 is 2.77 bits per heavy atom. The van der Waals surface area contributed by atoms with Crippen LogP contribution in [0.25, 0.3) is 10.9 Å². The Hall–Kier alpha value is -2.46. The van der Waals surface area contributed by atoms with E-state index in [1.807, 2.05) is 30.3 Å². The second-order valence-corrected chi connectivity index (χ2v) is 5.41. The highest BCUT2D eigenvalue weighted by molar-refractivity contribution is 6.31. The molecular weight excluding hydrogens is 302 g/mol. The summed E-state index contributed by atoms with van der Waals surface area (Å²) in [6.45, 7) is 0.448. The molecule has 112 valence electrons. The van der Waals surface area contributed by atoms with Gasteiger partial charge in [-0.05, 0) is 42.0 Å². The van der Waals surface area contributed by atoms with Crippen molar-refractivity contribution in [1.82, 2.24) is 4.57 Å². The summed E-state index contributed by atoms with van der Waals surface area (Å²) in [6.07, 6.45) is 0. The molecular formula is C17H14ClNO3. The number of nitrogens with zero attached hydrogens (tertiary/aromatic N) is 1. The van der Waals surface area contributed by atoms with E-state index < -0.39 is 5.97 Å². The van der Waals surface area contributed by atoms with Crippen molar-refractivity contribution in [1.29, 1.82) is 0 Å². The monoisotopic (exact) mass is 315 g/mol. The number of hydrogen-bond donors (Lipinski definition) is 1.